The van der Waals surface area contributed by atoms with Gasteiger partial charge in [-0.2, -0.15) is 0 Å². The van der Waals surface area contributed by atoms with Crippen LogP contribution in [-0.2, 0) is 0 Å². The number of halogens is 1. The topological polar surface area (TPSA) is 52.5 Å². The van der Waals surface area contributed by atoms with Crippen molar-refractivity contribution < 1.29 is 9.50 Å². The van der Waals surface area contributed by atoms with Gasteiger partial charge in [-0.05, 0) is 25.2 Å². The van der Waals surface area contributed by atoms with Crippen LogP contribution in [0.2, 0.25) is 0 Å². The molecule has 0 radical (unpaired) electrons. The van der Waals surface area contributed by atoms with Gasteiger partial charge >= 0.3 is 0 Å². The van der Waals surface area contributed by atoms with E-state index in [0.29, 0.717) is 12.0 Å². The van der Waals surface area contributed by atoms with Crippen LogP contribution in [0, 0.1) is 11.7 Å². The Bertz CT molecular complexity index is 437. The number of piperazine rings is 1. The molecule has 20 heavy (non-hydrogen) atoms. The van der Waals surface area contributed by atoms with Gasteiger partial charge in [0, 0.05) is 38.8 Å². The van der Waals surface area contributed by atoms with Gasteiger partial charge in [0.15, 0.2) is 5.82 Å². The number of hydrogen-bond acceptors (Lipinski definition) is 5. The van der Waals surface area contributed by atoms with Crippen LogP contribution >= 0.6 is 0 Å². The van der Waals surface area contributed by atoms with E-state index in [1.54, 1.807) is 0 Å². The zero-order valence-electron chi connectivity index (χ0n) is 11.6. The lowest BCUT2D eigenvalue weighted by molar-refractivity contribution is 0.136. The normalized spacial score (nSPS) is 24.1. The number of nitrogens with zero attached hydrogens (tertiary/aromatic N) is 4. The summed E-state index contributed by atoms with van der Waals surface area (Å²) in [4.78, 5) is 12.7. The highest BCUT2D eigenvalue weighted by molar-refractivity contribution is 5.30. The van der Waals surface area contributed by atoms with Crippen LogP contribution in [0.1, 0.15) is 19.3 Å². The van der Waals surface area contributed by atoms with E-state index < -0.39 is 5.82 Å². The number of rotatable bonds is 5. The number of aromatic nitrogens is 2. The van der Waals surface area contributed by atoms with Crippen molar-refractivity contribution in [1.29, 1.82) is 0 Å². The van der Waals surface area contributed by atoms with Crippen LogP contribution in [0.15, 0.2) is 12.4 Å². The number of hydrogen-bond donors (Lipinski definition) is 1. The largest absolute Gasteiger partial charge is 0.396 e. The Kier molecular flexibility index (Phi) is 4.12. The highest BCUT2D eigenvalue weighted by atomic mass is 19.1. The van der Waals surface area contributed by atoms with E-state index in [4.69, 9.17) is 0 Å². The smallest absolute Gasteiger partial charge is 0.225 e. The number of aliphatic hydroxyl groups excluding tert-OH is 1. The van der Waals surface area contributed by atoms with Crippen LogP contribution in [0.5, 0.6) is 0 Å². The van der Waals surface area contributed by atoms with Crippen molar-refractivity contribution >= 4 is 5.95 Å². The van der Waals surface area contributed by atoms with E-state index in [1.807, 2.05) is 0 Å². The first-order valence-electron chi connectivity index (χ1n) is 7.33. The first-order chi connectivity index (χ1) is 9.76. The Morgan fingerprint density at radius 2 is 2.00 bits per heavy atom. The molecule has 1 N–H and O–H groups in total. The van der Waals surface area contributed by atoms with Crippen molar-refractivity contribution in [2.24, 2.45) is 5.92 Å². The molecule has 1 aliphatic heterocycles. The Labute approximate surface area is 118 Å². The maximum atomic E-state index is 12.9. The second kappa shape index (κ2) is 6.01. The predicted octanol–water partition coefficient (Wildman–Crippen LogP) is 0.899. The Morgan fingerprint density at radius 1 is 1.25 bits per heavy atom. The SMILES string of the molecule is OCCC1CN(c2ncc(F)cn2)CCN1CC1CC1. The Morgan fingerprint density at radius 3 is 2.65 bits per heavy atom. The van der Waals surface area contributed by atoms with Crippen molar-refractivity contribution in [2.45, 2.75) is 25.3 Å². The molecule has 1 saturated carbocycles. The van der Waals surface area contributed by atoms with Gasteiger partial charge in [0.1, 0.15) is 0 Å². The molecule has 2 aliphatic rings. The summed E-state index contributed by atoms with van der Waals surface area (Å²) in [6.45, 7) is 3.97. The molecule has 1 saturated heterocycles. The van der Waals surface area contributed by atoms with Crippen LogP contribution in [0.4, 0.5) is 10.3 Å². The van der Waals surface area contributed by atoms with Gasteiger partial charge < -0.3 is 10.0 Å². The van der Waals surface area contributed by atoms with Gasteiger partial charge in [0.25, 0.3) is 0 Å². The molecule has 0 bridgehead atoms. The van der Waals surface area contributed by atoms with E-state index in [0.717, 1.165) is 38.5 Å². The minimum absolute atomic E-state index is 0.198. The lowest BCUT2D eigenvalue weighted by atomic mass is 10.1. The molecule has 2 heterocycles. The van der Waals surface area contributed by atoms with Crippen LogP contribution in [0.25, 0.3) is 0 Å². The highest BCUT2D eigenvalue weighted by Gasteiger charge is 2.32. The summed E-state index contributed by atoms with van der Waals surface area (Å²) < 4.78 is 12.9. The van der Waals surface area contributed by atoms with Crippen molar-refractivity contribution in [2.75, 3.05) is 37.7 Å². The molecule has 1 aromatic heterocycles. The maximum absolute atomic E-state index is 12.9. The molecule has 0 aromatic carbocycles. The monoisotopic (exact) mass is 280 g/mol. The van der Waals surface area contributed by atoms with Gasteiger partial charge in [-0.15, -0.1) is 0 Å². The van der Waals surface area contributed by atoms with Crippen molar-refractivity contribution in [1.82, 2.24) is 14.9 Å². The average Bonchev–Trinajstić information content (AvgIpc) is 3.26. The summed E-state index contributed by atoms with van der Waals surface area (Å²) in [5.41, 5.74) is 0. The van der Waals surface area contributed by atoms with Gasteiger partial charge in [0.05, 0.1) is 12.4 Å². The van der Waals surface area contributed by atoms with E-state index in [2.05, 4.69) is 19.8 Å². The van der Waals surface area contributed by atoms with Crippen LogP contribution in [0.3, 0.4) is 0 Å². The molecule has 6 heteroatoms. The third-order valence-electron chi connectivity index (χ3n) is 4.15. The summed E-state index contributed by atoms with van der Waals surface area (Å²) >= 11 is 0. The van der Waals surface area contributed by atoms with Gasteiger partial charge in [-0.3, -0.25) is 4.90 Å². The molecule has 2 fully saturated rings. The molecule has 3 rings (SSSR count). The highest BCUT2D eigenvalue weighted by Crippen LogP contribution is 2.31. The van der Waals surface area contributed by atoms with Gasteiger partial charge in [-0.25, -0.2) is 14.4 Å². The molecule has 0 spiro atoms. The number of aliphatic hydroxyl groups is 1. The molecule has 110 valence electrons. The minimum Gasteiger partial charge on any atom is -0.396 e. The van der Waals surface area contributed by atoms with E-state index in [1.165, 1.54) is 25.2 Å². The second-order valence-corrected chi connectivity index (χ2v) is 5.75. The summed E-state index contributed by atoms with van der Waals surface area (Å²) in [5.74, 6) is 1.03. The number of anilines is 1. The first-order valence-corrected chi connectivity index (χ1v) is 7.33. The van der Waals surface area contributed by atoms with Crippen molar-refractivity contribution in [3.63, 3.8) is 0 Å². The average molecular weight is 280 g/mol. The van der Waals surface area contributed by atoms with Crippen molar-refractivity contribution in [3.8, 4) is 0 Å². The van der Waals surface area contributed by atoms with Crippen molar-refractivity contribution in [3.05, 3.63) is 18.2 Å². The van der Waals surface area contributed by atoms with Crippen LogP contribution < -0.4 is 4.90 Å². The summed E-state index contributed by atoms with van der Waals surface area (Å²) in [7, 11) is 0. The first kappa shape index (κ1) is 13.7. The lowest BCUT2D eigenvalue weighted by Gasteiger charge is -2.41. The molecule has 1 aromatic rings. The molecular formula is C14H21FN4O. The molecule has 0 amide bonds. The Balaban J connectivity index is 1.65. The fraction of sp³-hybridized carbons (Fsp3) is 0.714. The molecule has 5 nitrogen and oxygen atoms in total. The standard InChI is InChI=1S/C14H21FN4O/c15-12-7-16-14(17-8-12)19-5-4-18(9-11-1-2-11)13(10-19)3-6-20/h7-8,11,13,20H,1-6,9-10H2. The predicted molar refractivity (Wildman–Crippen MR) is 74.0 cm³/mol. The zero-order chi connectivity index (χ0) is 13.9. The molecule has 1 atom stereocenters. The second-order valence-electron chi connectivity index (χ2n) is 5.75. The molecule has 1 aliphatic carbocycles. The van der Waals surface area contributed by atoms with E-state index >= 15 is 0 Å². The summed E-state index contributed by atoms with van der Waals surface area (Å²) in [6.07, 6.45) is 5.87. The van der Waals surface area contributed by atoms with Gasteiger partial charge in [0.2, 0.25) is 5.95 Å². The fourth-order valence-electron chi connectivity index (χ4n) is 2.84. The molecular weight excluding hydrogens is 259 g/mol. The van der Waals surface area contributed by atoms with Crippen LogP contribution in [-0.4, -0.2) is 58.8 Å². The van der Waals surface area contributed by atoms with E-state index in [-0.39, 0.29) is 6.61 Å². The third-order valence-corrected chi connectivity index (χ3v) is 4.15. The fourth-order valence-corrected chi connectivity index (χ4v) is 2.84. The van der Waals surface area contributed by atoms with E-state index in [9.17, 15) is 9.50 Å². The zero-order valence-corrected chi connectivity index (χ0v) is 11.6. The Hall–Kier alpha value is -1.27. The molecule has 1 unspecified atom stereocenters. The van der Waals surface area contributed by atoms with Gasteiger partial charge in [-0.1, -0.05) is 0 Å². The third kappa shape index (κ3) is 3.24. The lowest BCUT2D eigenvalue weighted by Crippen LogP contribution is -2.54. The summed E-state index contributed by atoms with van der Waals surface area (Å²) in [5, 5.41) is 9.25. The minimum atomic E-state index is -0.409. The maximum Gasteiger partial charge on any atom is 0.225 e. The summed E-state index contributed by atoms with van der Waals surface area (Å²) in [6, 6.07) is 0.336. The quantitative estimate of drug-likeness (QED) is 0.868.